The number of benzene rings is 1. The Hall–Kier alpha value is -1.55. The minimum Gasteiger partial charge on any atom is -0.399 e. The summed E-state index contributed by atoms with van der Waals surface area (Å²) in [6.07, 6.45) is 1.63. The van der Waals surface area contributed by atoms with Crippen LogP contribution in [0, 0.1) is 0 Å². The van der Waals surface area contributed by atoms with Crippen molar-refractivity contribution in [2.75, 3.05) is 5.73 Å². The molecule has 0 bridgehead atoms. The van der Waals surface area contributed by atoms with E-state index in [-0.39, 0.29) is 0 Å². The smallest absolute Gasteiger partial charge is 0.163 e. The van der Waals surface area contributed by atoms with Crippen molar-refractivity contribution in [3.8, 4) is 11.4 Å². The summed E-state index contributed by atoms with van der Waals surface area (Å²) in [7, 11) is 1.87. The molecular weight excluding hydrogens is 200 g/mol. The van der Waals surface area contributed by atoms with Crippen LogP contribution in [0.25, 0.3) is 11.4 Å². The molecule has 4 nitrogen and oxygen atoms in total. The number of hydrogen-bond acceptors (Lipinski definition) is 3. The third-order valence-electron chi connectivity index (χ3n) is 1.89. The molecule has 0 amide bonds. The van der Waals surface area contributed by atoms with Gasteiger partial charge in [0.25, 0.3) is 0 Å². The van der Waals surface area contributed by atoms with Crippen molar-refractivity contribution >= 4 is 17.3 Å². The van der Waals surface area contributed by atoms with Crippen molar-refractivity contribution < 1.29 is 0 Å². The molecule has 14 heavy (non-hydrogen) atoms. The van der Waals surface area contributed by atoms with Crippen LogP contribution < -0.4 is 5.73 Å². The number of aryl methyl sites for hydroxylation is 1. The summed E-state index contributed by atoms with van der Waals surface area (Å²) in [6.45, 7) is 0. The first kappa shape index (κ1) is 9.02. The second kappa shape index (κ2) is 3.31. The zero-order chi connectivity index (χ0) is 10.1. The number of nitrogens with zero attached hydrogens (tertiary/aromatic N) is 3. The standard InChI is InChI=1S/C9H9ClN4/c1-14-5-12-13-9(14)6-2-7(10)4-8(11)3-6/h2-5H,11H2,1H3. The van der Waals surface area contributed by atoms with Gasteiger partial charge < -0.3 is 10.3 Å². The summed E-state index contributed by atoms with van der Waals surface area (Å²) in [6, 6.07) is 5.32. The average Bonchev–Trinajstić information content (AvgIpc) is 2.49. The molecule has 0 saturated heterocycles. The Labute approximate surface area is 86.3 Å². The van der Waals surface area contributed by atoms with Crippen molar-refractivity contribution in [3.63, 3.8) is 0 Å². The van der Waals surface area contributed by atoms with Crippen LogP contribution >= 0.6 is 11.6 Å². The van der Waals surface area contributed by atoms with E-state index in [9.17, 15) is 0 Å². The van der Waals surface area contributed by atoms with Crippen LogP contribution in [0.4, 0.5) is 5.69 Å². The highest BCUT2D eigenvalue weighted by molar-refractivity contribution is 6.31. The van der Waals surface area contributed by atoms with Gasteiger partial charge in [-0.1, -0.05) is 11.6 Å². The van der Waals surface area contributed by atoms with Crippen molar-refractivity contribution in [1.29, 1.82) is 0 Å². The third kappa shape index (κ3) is 1.56. The van der Waals surface area contributed by atoms with E-state index in [0.717, 1.165) is 11.4 Å². The fourth-order valence-electron chi connectivity index (χ4n) is 1.29. The van der Waals surface area contributed by atoms with E-state index < -0.39 is 0 Å². The van der Waals surface area contributed by atoms with Gasteiger partial charge in [0.1, 0.15) is 6.33 Å². The molecule has 1 aromatic carbocycles. The molecule has 0 unspecified atom stereocenters. The van der Waals surface area contributed by atoms with Crippen LogP contribution in [0.3, 0.4) is 0 Å². The molecule has 0 aliphatic rings. The summed E-state index contributed by atoms with van der Waals surface area (Å²) in [4.78, 5) is 0. The molecule has 2 aromatic rings. The van der Waals surface area contributed by atoms with Crippen molar-refractivity contribution in [2.45, 2.75) is 0 Å². The highest BCUT2D eigenvalue weighted by atomic mass is 35.5. The maximum Gasteiger partial charge on any atom is 0.163 e. The van der Waals surface area contributed by atoms with E-state index in [4.69, 9.17) is 17.3 Å². The number of rotatable bonds is 1. The normalized spacial score (nSPS) is 10.4. The minimum absolute atomic E-state index is 0.600. The lowest BCUT2D eigenvalue weighted by Gasteiger charge is -2.02. The van der Waals surface area contributed by atoms with Crippen molar-refractivity contribution in [3.05, 3.63) is 29.5 Å². The number of nitrogens with two attached hydrogens (primary N) is 1. The van der Waals surface area contributed by atoms with E-state index in [1.165, 1.54) is 0 Å². The molecular formula is C9H9ClN4. The quantitative estimate of drug-likeness (QED) is 0.726. The molecule has 2 rings (SSSR count). The van der Waals surface area contributed by atoms with E-state index in [1.54, 1.807) is 12.4 Å². The van der Waals surface area contributed by atoms with Crippen LogP contribution in [0.2, 0.25) is 5.02 Å². The average molecular weight is 209 g/mol. The van der Waals surface area contributed by atoms with Crippen LogP contribution in [0.15, 0.2) is 24.5 Å². The van der Waals surface area contributed by atoms with E-state index in [2.05, 4.69) is 10.2 Å². The largest absolute Gasteiger partial charge is 0.399 e. The Morgan fingerprint density at radius 1 is 1.36 bits per heavy atom. The Bertz CT molecular complexity index is 443. The van der Waals surface area contributed by atoms with Gasteiger partial charge in [-0.2, -0.15) is 0 Å². The maximum absolute atomic E-state index is 5.88. The fraction of sp³-hybridized carbons (Fsp3) is 0.111. The first-order valence-electron chi connectivity index (χ1n) is 4.07. The second-order valence-electron chi connectivity index (χ2n) is 3.04. The van der Waals surface area contributed by atoms with Crippen molar-refractivity contribution in [2.24, 2.45) is 7.05 Å². The lowest BCUT2D eigenvalue weighted by Crippen LogP contribution is -1.93. The lowest BCUT2D eigenvalue weighted by atomic mass is 10.2. The van der Waals surface area contributed by atoms with Gasteiger partial charge in [0.05, 0.1) is 0 Å². The van der Waals surface area contributed by atoms with Gasteiger partial charge in [-0.25, -0.2) is 0 Å². The number of aromatic nitrogens is 3. The van der Waals surface area contributed by atoms with Crippen LogP contribution in [-0.4, -0.2) is 14.8 Å². The third-order valence-corrected chi connectivity index (χ3v) is 2.11. The highest BCUT2D eigenvalue weighted by Gasteiger charge is 2.05. The fourth-order valence-corrected chi connectivity index (χ4v) is 1.53. The number of hydrogen-bond donors (Lipinski definition) is 1. The molecule has 0 atom stereocenters. The molecule has 72 valence electrons. The lowest BCUT2D eigenvalue weighted by molar-refractivity contribution is 0.920. The second-order valence-corrected chi connectivity index (χ2v) is 3.48. The van der Waals surface area contributed by atoms with E-state index in [0.29, 0.717) is 10.7 Å². The van der Waals surface area contributed by atoms with Gasteiger partial charge in [0.15, 0.2) is 5.82 Å². The molecule has 1 heterocycles. The number of anilines is 1. The minimum atomic E-state index is 0.600. The first-order valence-corrected chi connectivity index (χ1v) is 4.45. The van der Waals surface area contributed by atoms with Gasteiger partial charge >= 0.3 is 0 Å². The molecule has 0 saturated carbocycles. The topological polar surface area (TPSA) is 56.7 Å². The van der Waals surface area contributed by atoms with Gasteiger partial charge in [-0.3, -0.25) is 0 Å². The maximum atomic E-state index is 5.88. The summed E-state index contributed by atoms with van der Waals surface area (Å²) >= 11 is 5.88. The predicted octanol–water partition coefficient (Wildman–Crippen LogP) is 1.72. The Kier molecular flexibility index (Phi) is 2.13. The zero-order valence-electron chi connectivity index (χ0n) is 7.61. The van der Waals surface area contributed by atoms with Gasteiger partial charge in [0, 0.05) is 23.3 Å². The van der Waals surface area contributed by atoms with Gasteiger partial charge in [0.2, 0.25) is 0 Å². The van der Waals surface area contributed by atoms with E-state index >= 15 is 0 Å². The molecule has 0 radical (unpaired) electrons. The van der Waals surface area contributed by atoms with Crippen LogP contribution in [-0.2, 0) is 7.05 Å². The first-order chi connectivity index (χ1) is 6.66. The SMILES string of the molecule is Cn1cnnc1-c1cc(N)cc(Cl)c1. The molecule has 2 N–H and O–H groups in total. The van der Waals surface area contributed by atoms with Gasteiger partial charge in [-0.05, 0) is 18.2 Å². The van der Waals surface area contributed by atoms with Crippen LogP contribution in [0.5, 0.6) is 0 Å². The predicted molar refractivity (Wildman–Crippen MR) is 55.9 cm³/mol. The van der Waals surface area contributed by atoms with Gasteiger partial charge in [-0.15, -0.1) is 10.2 Å². The molecule has 0 aliphatic heterocycles. The molecule has 0 fully saturated rings. The summed E-state index contributed by atoms with van der Waals surface area (Å²) < 4.78 is 1.81. The molecule has 5 heteroatoms. The Morgan fingerprint density at radius 3 is 2.71 bits per heavy atom. The summed E-state index contributed by atoms with van der Waals surface area (Å²) in [5.41, 5.74) is 7.16. The van der Waals surface area contributed by atoms with Crippen molar-refractivity contribution in [1.82, 2.24) is 14.8 Å². The van der Waals surface area contributed by atoms with Crippen LogP contribution in [0.1, 0.15) is 0 Å². The Balaban J connectivity index is 2.57. The number of nitrogen functional groups attached to an aromatic ring is 1. The monoisotopic (exact) mass is 208 g/mol. The zero-order valence-corrected chi connectivity index (χ0v) is 8.36. The molecule has 0 aliphatic carbocycles. The summed E-state index contributed by atoms with van der Waals surface area (Å²) in [5.74, 6) is 0.749. The molecule has 1 aromatic heterocycles. The molecule has 0 spiro atoms. The summed E-state index contributed by atoms with van der Waals surface area (Å²) in [5, 5.41) is 8.35. The number of halogens is 1. The van der Waals surface area contributed by atoms with E-state index in [1.807, 2.05) is 23.7 Å². The Morgan fingerprint density at radius 2 is 2.14 bits per heavy atom. The highest BCUT2D eigenvalue weighted by Crippen LogP contribution is 2.23.